The van der Waals surface area contributed by atoms with E-state index in [0.717, 1.165) is 34.4 Å². The van der Waals surface area contributed by atoms with E-state index in [0.29, 0.717) is 30.0 Å². The van der Waals surface area contributed by atoms with E-state index in [-0.39, 0.29) is 42.6 Å². The van der Waals surface area contributed by atoms with Gasteiger partial charge < -0.3 is 24.6 Å². The number of likely N-dealkylation sites (N-methyl/N-ethyl adjacent to an activating group) is 1. The number of piperazine rings is 1. The Hall–Kier alpha value is -3.48. The average molecular weight is 519 g/mol. The lowest BCUT2D eigenvalue weighted by atomic mass is 9.71. The number of nitriles is 1. The summed E-state index contributed by atoms with van der Waals surface area (Å²) < 4.78 is 17.5. The number of fused-ring (bicyclic) bond motifs is 9. The van der Waals surface area contributed by atoms with Gasteiger partial charge in [-0.3, -0.25) is 14.6 Å². The van der Waals surface area contributed by atoms with E-state index < -0.39 is 6.04 Å². The topological polar surface area (TPSA) is 107 Å². The van der Waals surface area contributed by atoms with Gasteiger partial charge in [-0.05, 0) is 62.9 Å². The maximum Gasteiger partial charge on any atom is 0.231 e. The Kier molecular flexibility index (Phi) is 5.74. The van der Waals surface area contributed by atoms with Gasteiger partial charge in [0.1, 0.15) is 17.5 Å². The van der Waals surface area contributed by atoms with Crippen molar-refractivity contribution in [1.29, 1.82) is 5.26 Å². The van der Waals surface area contributed by atoms with Gasteiger partial charge in [0.25, 0.3) is 0 Å². The lowest BCUT2D eigenvalue weighted by molar-refractivity contribution is -0.120. The fourth-order valence-electron chi connectivity index (χ4n) is 7.62. The van der Waals surface area contributed by atoms with Crippen LogP contribution in [0, 0.1) is 32.1 Å². The van der Waals surface area contributed by atoms with Crippen molar-refractivity contribution in [1.82, 2.24) is 15.1 Å². The highest BCUT2D eigenvalue weighted by Gasteiger charge is 2.56. The lowest BCUT2D eigenvalue weighted by Gasteiger charge is -2.60. The second-order valence-electron chi connectivity index (χ2n) is 11.0. The van der Waals surface area contributed by atoms with Crippen molar-refractivity contribution in [2.24, 2.45) is 0 Å². The molecule has 4 heterocycles. The summed E-state index contributed by atoms with van der Waals surface area (Å²) in [6.07, 6.45) is 1.27. The summed E-state index contributed by atoms with van der Waals surface area (Å²) in [5.74, 6) is 2.08. The molecule has 2 aromatic carbocycles. The monoisotopic (exact) mass is 518 g/mol. The van der Waals surface area contributed by atoms with Crippen molar-refractivity contribution in [2.75, 3.05) is 27.5 Å². The van der Waals surface area contributed by atoms with Crippen molar-refractivity contribution < 1.29 is 24.1 Å². The first kappa shape index (κ1) is 24.8. The zero-order valence-electron chi connectivity index (χ0n) is 22.7. The molecule has 9 nitrogen and oxygen atoms in total. The van der Waals surface area contributed by atoms with Crippen molar-refractivity contribution in [3.63, 3.8) is 0 Å². The standard InChI is InChI=1S/C29H34N4O5/c1-13-7-17-8-19-21(10-30)33-20(25(32(19)5)23(17)14(2)27(13)36-6)9-18-24(22(33)11-31-16(4)34)29-28(37-12-38-29)15(3)26(18)35/h7,19-22,25,35H,8-9,11-12H2,1-6H3,(H,31,34)/t19-,20?,21+,22+,25-/m1/s1. The summed E-state index contributed by atoms with van der Waals surface area (Å²) >= 11 is 0. The van der Waals surface area contributed by atoms with E-state index in [1.165, 1.54) is 18.1 Å². The molecule has 4 aliphatic rings. The summed E-state index contributed by atoms with van der Waals surface area (Å²) in [5, 5.41) is 25.0. The predicted molar refractivity (Wildman–Crippen MR) is 140 cm³/mol. The zero-order chi connectivity index (χ0) is 27.0. The van der Waals surface area contributed by atoms with Gasteiger partial charge in [0.15, 0.2) is 11.5 Å². The number of benzene rings is 2. The summed E-state index contributed by atoms with van der Waals surface area (Å²) in [7, 11) is 3.81. The molecule has 1 unspecified atom stereocenters. The summed E-state index contributed by atoms with van der Waals surface area (Å²) in [6.45, 7) is 7.88. The summed E-state index contributed by atoms with van der Waals surface area (Å²) in [5.41, 5.74) is 6.96. The molecule has 6 rings (SSSR count). The van der Waals surface area contributed by atoms with Crippen LogP contribution in [0.1, 0.15) is 58.0 Å². The zero-order valence-corrected chi connectivity index (χ0v) is 22.7. The molecule has 4 aliphatic heterocycles. The number of nitrogens with one attached hydrogen (secondary N) is 1. The third-order valence-electron chi connectivity index (χ3n) is 9.11. The van der Waals surface area contributed by atoms with Crippen molar-refractivity contribution >= 4 is 5.91 Å². The van der Waals surface area contributed by atoms with Gasteiger partial charge in [-0.25, -0.2) is 0 Å². The lowest BCUT2D eigenvalue weighted by Crippen LogP contribution is -2.68. The molecule has 0 saturated carbocycles. The van der Waals surface area contributed by atoms with Gasteiger partial charge in [-0.15, -0.1) is 0 Å². The Morgan fingerprint density at radius 2 is 1.92 bits per heavy atom. The Labute approximate surface area is 222 Å². The number of phenols is 1. The van der Waals surface area contributed by atoms with Crippen LogP contribution in [0.2, 0.25) is 0 Å². The number of carbonyl (C=O) groups is 1. The molecule has 9 heteroatoms. The molecule has 38 heavy (non-hydrogen) atoms. The summed E-state index contributed by atoms with van der Waals surface area (Å²) in [4.78, 5) is 16.7. The normalized spacial score (nSPS) is 27.1. The molecule has 1 saturated heterocycles. The molecule has 200 valence electrons. The van der Waals surface area contributed by atoms with E-state index in [1.807, 2.05) is 6.92 Å². The third-order valence-corrected chi connectivity index (χ3v) is 9.11. The van der Waals surface area contributed by atoms with E-state index in [1.54, 1.807) is 7.11 Å². The van der Waals surface area contributed by atoms with Gasteiger partial charge in [-0.1, -0.05) is 6.07 Å². The number of amides is 1. The molecule has 0 radical (unpaired) electrons. The van der Waals surface area contributed by atoms with E-state index in [2.05, 4.69) is 48.1 Å². The molecule has 1 fully saturated rings. The molecule has 2 aromatic rings. The number of ether oxygens (including phenoxy) is 3. The number of carbonyl (C=O) groups excluding carboxylic acids is 1. The highest BCUT2D eigenvalue weighted by Crippen LogP contribution is 2.57. The fourth-order valence-corrected chi connectivity index (χ4v) is 7.62. The third kappa shape index (κ3) is 3.26. The van der Waals surface area contributed by atoms with Gasteiger partial charge in [0.2, 0.25) is 12.7 Å². The molecule has 0 aromatic heterocycles. The number of rotatable bonds is 3. The molecule has 5 atom stereocenters. The van der Waals surface area contributed by atoms with Gasteiger partial charge >= 0.3 is 0 Å². The largest absolute Gasteiger partial charge is 0.507 e. The molecular weight excluding hydrogens is 484 g/mol. The van der Waals surface area contributed by atoms with Gasteiger partial charge in [0.05, 0.1) is 25.3 Å². The average Bonchev–Trinajstić information content (AvgIpc) is 3.36. The predicted octanol–water partition coefficient (Wildman–Crippen LogP) is 2.96. The van der Waals surface area contributed by atoms with Crippen LogP contribution in [-0.2, 0) is 17.6 Å². The molecule has 2 N–H and O–H groups in total. The molecule has 0 spiro atoms. The van der Waals surface area contributed by atoms with Crippen LogP contribution in [0.5, 0.6) is 23.0 Å². The quantitative estimate of drug-likeness (QED) is 0.639. The van der Waals surface area contributed by atoms with E-state index in [4.69, 9.17) is 14.2 Å². The molecule has 0 aliphatic carbocycles. The second kappa shape index (κ2) is 8.79. The number of hydrogen-bond acceptors (Lipinski definition) is 8. The first-order chi connectivity index (χ1) is 18.2. The first-order valence-corrected chi connectivity index (χ1v) is 13.1. The Bertz CT molecular complexity index is 1400. The van der Waals surface area contributed by atoms with Crippen LogP contribution in [0.4, 0.5) is 0 Å². The van der Waals surface area contributed by atoms with Crippen LogP contribution in [0.3, 0.4) is 0 Å². The minimum absolute atomic E-state index is 0.0269. The second-order valence-corrected chi connectivity index (χ2v) is 11.0. The highest BCUT2D eigenvalue weighted by atomic mass is 16.7. The van der Waals surface area contributed by atoms with Crippen molar-refractivity contribution in [3.05, 3.63) is 45.0 Å². The van der Waals surface area contributed by atoms with E-state index in [9.17, 15) is 15.2 Å². The molecule has 1 amide bonds. The van der Waals surface area contributed by atoms with Crippen LogP contribution in [0.25, 0.3) is 0 Å². The van der Waals surface area contributed by atoms with Crippen LogP contribution >= 0.6 is 0 Å². The number of aromatic hydroxyl groups is 1. The van der Waals surface area contributed by atoms with Crippen molar-refractivity contribution in [3.8, 4) is 29.1 Å². The smallest absolute Gasteiger partial charge is 0.231 e. The Balaban J connectivity index is 1.60. The SMILES string of the molecule is COc1c(C)cc2c(c1C)[C@H]1C3Cc4c(O)c(C)c5c(c4[C@H](CNC(C)=O)N3[C@@H](C#N)[C@@H](C2)N1C)OCO5. The number of phenolic OH excluding ortho intramolecular Hbond substituents is 1. The number of hydrogen-bond donors (Lipinski definition) is 2. The van der Waals surface area contributed by atoms with Crippen LogP contribution in [0.15, 0.2) is 6.07 Å². The minimum atomic E-state index is -0.426. The summed E-state index contributed by atoms with van der Waals surface area (Å²) in [6, 6.07) is 3.86. The Morgan fingerprint density at radius 1 is 1.18 bits per heavy atom. The maximum atomic E-state index is 12.1. The van der Waals surface area contributed by atoms with Gasteiger partial charge in [-0.2, -0.15) is 5.26 Å². The number of nitrogens with zero attached hydrogens (tertiary/aromatic N) is 3. The maximum absolute atomic E-state index is 12.1. The van der Waals surface area contributed by atoms with Gasteiger partial charge in [0, 0.05) is 42.2 Å². The van der Waals surface area contributed by atoms with Crippen molar-refractivity contribution in [2.45, 2.75) is 70.7 Å². The minimum Gasteiger partial charge on any atom is -0.507 e. The van der Waals surface area contributed by atoms with E-state index >= 15 is 0 Å². The number of aryl methyl sites for hydroxylation is 1. The Morgan fingerprint density at radius 3 is 2.61 bits per heavy atom. The molecular formula is C29H34N4O5. The first-order valence-electron chi connectivity index (χ1n) is 13.1. The molecule has 2 bridgehead atoms. The number of methoxy groups -OCH3 is 1. The highest BCUT2D eigenvalue weighted by molar-refractivity contribution is 5.73. The fraction of sp³-hybridized carbons (Fsp3) is 0.517. The van der Waals surface area contributed by atoms with Crippen LogP contribution < -0.4 is 19.5 Å². The van der Waals surface area contributed by atoms with Crippen LogP contribution in [-0.4, -0.2) is 66.4 Å².